The van der Waals surface area contributed by atoms with Crippen molar-refractivity contribution in [1.29, 1.82) is 0 Å². The van der Waals surface area contributed by atoms with E-state index in [1.54, 1.807) is 24.3 Å². The normalized spacial score (nSPS) is 11.3. The predicted octanol–water partition coefficient (Wildman–Crippen LogP) is 2.55. The second-order valence-corrected chi connectivity index (χ2v) is 6.37. The summed E-state index contributed by atoms with van der Waals surface area (Å²) in [5.74, 6) is 0.268. The van der Waals surface area contributed by atoms with Crippen LogP contribution in [0, 0.1) is 10.4 Å². The summed E-state index contributed by atoms with van der Waals surface area (Å²) in [5, 5.41) is 48.0. The van der Waals surface area contributed by atoms with Gasteiger partial charge in [-0.3, -0.25) is 15.8 Å². The molecule has 156 valence electrons. The van der Waals surface area contributed by atoms with Gasteiger partial charge >= 0.3 is 0 Å². The molecule has 11 nitrogen and oxygen atoms in total. The molecule has 6 N–H and O–H groups in total. The molecule has 0 bridgehead atoms. The number of hydrogen-bond donors (Lipinski definition) is 5. The van der Waals surface area contributed by atoms with Gasteiger partial charge in [0.15, 0.2) is 10.9 Å². The number of rotatable bonds is 6. The van der Waals surface area contributed by atoms with E-state index in [-0.39, 0.29) is 38.9 Å². The molecule has 1 heterocycles. The molecule has 30 heavy (non-hydrogen) atoms. The van der Waals surface area contributed by atoms with Crippen LogP contribution in [0.2, 0.25) is 0 Å². The maximum Gasteiger partial charge on any atom is 0.184 e. The summed E-state index contributed by atoms with van der Waals surface area (Å²) < 4.78 is 5.84. The van der Waals surface area contributed by atoms with Crippen LogP contribution in [0.15, 0.2) is 64.6 Å². The Morgan fingerprint density at radius 1 is 1.17 bits per heavy atom. The molecule has 3 aromatic rings. The molecule has 0 saturated carbocycles. The van der Waals surface area contributed by atoms with Gasteiger partial charge in [-0.05, 0) is 42.5 Å². The number of nitrogens with zero attached hydrogens (tertiary/aromatic N) is 3. The Morgan fingerprint density at radius 2 is 1.90 bits per heavy atom. The third-order valence-corrected chi connectivity index (χ3v) is 4.02. The zero-order chi connectivity index (χ0) is 21.8. The van der Waals surface area contributed by atoms with Crippen molar-refractivity contribution in [3.8, 4) is 0 Å². The van der Waals surface area contributed by atoms with Gasteiger partial charge in [-0.1, -0.05) is 18.7 Å². The van der Waals surface area contributed by atoms with Crippen molar-refractivity contribution in [2.75, 3.05) is 15.8 Å². The summed E-state index contributed by atoms with van der Waals surface area (Å²) in [6.45, 7) is 3.89. The lowest BCUT2D eigenvalue weighted by Crippen LogP contribution is -2.26. The van der Waals surface area contributed by atoms with Crippen molar-refractivity contribution < 1.29 is 14.8 Å². The zero-order valence-electron chi connectivity index (χ0n) is 15.3. The lowest BCUT2D eigenvalue weighted by atomic mass is 10.2. The molecule has 0 spiro atoms. The Labute approximate surface area is 175 Å². The average Bonchev–Trinajstić information content (AvgIpc) is 2.71. The maximum absolute atomic E-state index is 10.9. The van der Waals surface area contributed by atoms with E-state index in [0.29, 0.717) is 16.3 Å². The Kier molecular flexibility index (Phi) is 6.15. The highest BCUT2D eigenvalue weighted by atomic mass is 32.1. The second-order valence-electron chi connectivity index (χ2n) is 5.93. The molecule has 2 aromatic carbocycles. The fourth-order valence-corrected chi connectivity index (χ4v) is 2.65. The van der Waals surface area contributed by atoms with E-state index in [2.05, 4.69) is 22.4 Å². The molecular formula is C18H16N6O5S-2. The van der Waals surface area contributed by atoms with Crippen LogP contribution >= 0.6 is 12.2 Å². The number of thiocarbonyl (C=S) groups is 1. The first-order valence-corrected chi connectivity index (χ1v) is 8.72. The van der Waals surface area contributed by atoms with Crippen LogP contribution < -0.4 is 32.3 Å². The monoisotopic (exact) mass is 428 g/mol. The minimum Gasteiger partial charge on any atom is -0.769 e. The molecule has 0 amide bonds. The lowest BCUT2D eigenvalue weighted by Gasteiger charge is -2.38. The molecule has 0 atom stereocenters. The van der Waals surface area contributed by atoms with Crippen molar-refractivity contribution in [1.82, 2.24) is 5.43 Å². The largest absolute Gasteiger partial charge is 0.769 e. The highest BCUT2D eigenvalue weighted by Gasteiger charge is 2.12. The van der Waals surface area contributed by atoms with Crippen molar-refractivity contribution in [2.24, 2.45) is 10.8 Å². The summed E-state index contributed by atoms with van der Waals surface area (Å²) in [6, 6.07) is 12.2. The molecule has 0 unspecified atom stereocenters. The molecule has 1 aromatic heterocycles. The second kappa shape index (κ2) is 8.77. The number of fused-ring (bicyclic) bond motifs is 1. The Morgan fingerprint density at radius 3 is 2.57 bits per heavy atom. The Hall–Kier alpha value is -3.68. The molecule has 0 aliphatic carbocycles. The quantitative estimate of drug-likeness (QED) is 0.289. The van der Waals surface area contributed by atoms with E-state index in [9.17, 15) is 20.8 Å². The summed E-state index contributed by atoms with van der Waals surface area (Å²) in [6.07, 6.45) is 0. The maximum atomic E-state index is 10.9. The molecular weight excluding hydrogens is 412 g/mol. The van der Waals surface area contributed by atoms with E-state index < -0.39 is 5.23 Å². The molecule has 0 saturated heterocycles. The van der Waals surface area contributed by atoms with Gasteiger partial charge in [-0.2, -0.15) is 5.10 Å². The zero-order valence-corrected chi connectivity index (χ0v) is 16.1. The summed E-state index contributed by atoms with van der Waals surface area (Å²) in [7, 11) is 0. The van der Waals surface area contributed by atoms with Crippen LogP contribution in [0.5, 0.6) is 0 Å². The van der Waals surface area contributed by atoms with Crippen molar-refractivity contribution in [2.45, 2.75) is 0 Å². The van der Waals surface area contributed by atoms with Gasteiger partial charge in [-0.25, -0.2) is 0 Å². The molecule has 0 aliphatic heterocycles. The smallest absolute Gasteiger partial charge is 0.184 e. The first-order valence-electron chi connectivity index (χ1n) is 8.31. The van der Waals surface area contributed by atoms with E-state index in [0.717, 1.165) is 6.07 Å². The molecule has 12 heteroatoms. The van der Waals surface area contributed by atoms with Crippen molar-refractivity contribution in [3.05, 3.63) is 76.6 Å². The third kappa shape index (κ3) is 4.65. The highest BCUT2D eigenvalue weighted by molar-refractivity contribution is 7.80. The van der Waals surface area contributed by atoms with Gasteiger partial charge in [0.2, 0.25) is 0 Å². The van der Waals surface area contributed by atoms with Crippen LogP contribution in [0.1, 0.15) is 5.76 Å². The molecule has 0 aliphatic rings. The third-order valence-electron chi connectivity index (χ3n) is 3.93. The SMILES string of the molecule is C=C(Nc1ccc(N([O-])[O-])cc1N(O)O)c1c/c(=N/NC(N)=S)c2ccccc2o1. The van der Waals surface area contributed by atoms with Gasteiger partial charge < -0.3 is 31.1 Å². The van der Waals surface area contributed by atoms with Crippen LogP contribution in [0.3, 0.4) is 0 Å². The lowest BCUT2D eigenvalue weighted by molar-refractivity contribution is 0.0296. The van der Waals surface area contributed by atoms with Crippen molar-refractivity contribution >= 4 is 51.1 Å². The number of benzene rings is 2. The minimum atomic E-state index is -0.660. The standard InChI is InChI=1S/C18H16N6O5S/c1-10(20-13-7-6-11(23(25)26)8-15(13)24(27)28)17-9-14(21-22-18(19)30)12-4-2-3-5-16(12)29-17/h2-9,20,27-28H,1H2,(H3,19,22,30)/q-2/b21-14-. The first kappa shape index (κ1) is 21.0. The summed E-state index contributed by atoms with van der Waals surface area (Å²) in [5.41, 5.74) is 8.23. The van der Waals surface area contributed by atoms with E-state index in [4.69, 9.17) is 22.4 Å². The van der Waals surface area contributed by atoms with Gasteiger partial charge in [0.25, 0.3) is 0 Å². The number of hydrogen-bond acceptors (Lipinski definition) is 10. The van der Waals surface area contributed by atoms with Crippen LogP contribution in [-0.4, -0.2) is 15.5 Å². The van der Waals surface area contributed by atoms with Gasteiger partial charge in [0, 0.05) is 17.1 Å². The van der Waals surface area contributed by atoms with Gasteiger partial charge in [-0.15, -0.1) is 5.23 Å². The summed E-state index contributed by atoms with van der Waals surface area (Å²) >= 11 is 4.78. The Bertz CT molecular complexity index is 1180. The minimum absolute atomic E-state index is 0.0140. The number of nitrogens with two attached hydrogens (primary N) is 1. The van der Waals surface area contributed by atoms with E-state index >= 15 is 0 Å². The summed E-state index contributed by atoms with van der Waals surface area (Å²) in [4.78, 5) is 0. The molecule has 3 rings (SSSR count). The Balaban J connectivity index is 2.02. The van der Waals surface area contributed by atoms with E-state index in [1.165, 1.54) is 12.1 Å². The number of nitrogens with one attached hydrogen (secondary N) is 2. The van der Waals surface area contributed by atoms with Crippen LogP contribution in [0.25, 0.3) is 16.7 Å². The van der Waals surface area contributed by atoms with Gasteiger partial charge in [0.1, 0.15) is 11.3 Å². The molecule has 0 fully saturated rings. The van der Waals surface area contributed by atoms with Crippen molar-refractivity contribution in [3.63, 3.8) is 0 Å². The fraction of sp³-hybridized carbons (Fsp3) is 0. The highest BCUT2D eigenvalue weighted by Crippen LogP contribution is 2.31. The predicted molar refractivity (Wildman–Crippen MR) is 116 cm³/mol. The number of anilines is 3. The van der Waals surface area contributed by atoms with E-state index in [1.807, 2.05) is 6.07 Å². The van der Waals surface area contributed by atoms with Gasteiger partial charge in [0.05, 0.1) is 16.7 Å². The first-order chi connectivity index (χ1) is 14.3. The van der Waals surface area contributed by atoms with Crippen LogP contribution in [0.4, 0.5) is 17.1 Å². The topological polar surface area (TPSA) is 169 Å². The average molecular weight is 428 g/mol. The number of para-hydroxylation sites is 1. The fourth-order valence-electron chi connectivity index (χ4n) is 2.60. The van der Waals surface area contributed by atoms with Crippen LogP contribution in [-0.2, 0) is 0 Å². The molecule has 0 radical (unpaired) electrons.